The minimum absolute atomic E-state index is 0.0343. The lowest BCUT2D eigenvalue weighted by Crippen LogP contribution is -2.40. The fourth-order valence-electron chi connectivity index (χ4n) is 3.57. The van der Waals surface area contributed by atoms with Crippen molar-refractivity contribution >= 4 is 44.2 Å². The number of sulfonamides is 1. The van der Waals surface area contributed by atoms with Gasteiger partial charge in [-0.1, -0.05) is 36.4 Å². The molecular weight excluding hydrogens is 434 g/mol. The van der Waals surface area contributed by atoms with Gasteiger partial charge >= 0.3 is 6.09 Å². The zero-order chi connectivity index (χ0) is 22.7. The first-order valence-electron chi connectivity index (χ1n) is 9.82. The van der Waals surface area contributed by atoms with Gasteiger partial charge in [0.05, 0.1) is 17.2 Å². The van der Waals surface area contributed by atoms with Gasteiger partial charge in [0.1, 0.15) is 6.61 Å². The predicted octanol–water partition coefficient (Wildman–Crippen LogP) is 3.09. The lowest BCUT2D eigenvalue weighted by Gasteiger charge is -2.26. The Morgan fingerprint density at radius 2 is 1.75 bits per heavy atom. The number of anilines is 2. The first kappa shape index (κ1) is 21.6. The molecule has 0 atom stereocenters. The molecule has 0 aliphatic carbocycles. The molecule has 4 rings (SSSR count). The smallest absolute Gasteiger partial charge is 0.409 e. The summed E-state index contributed by atoms with van der Waals surface area (Å²) in [6, 6.07) is 16.3. The number of carbonyl (C=O) groups excluding carboxylic acids is 1. The molecule has 2 amide bonds. The summed E-state index contributed by atoms with van der Waals surface area (Å²) < 4.78 is 33.8. The number of rotatable bonds is 6. The third-order valence-electron chi connectivity index (χ3n) is 5.08. The fourth-order valence-corrected chi connectivity index (χ4v) is 4.85. The molecule has 0 spiro atoms. The average molecular weight is 455 g/mol. The molecule has 166 valence electrons. The summed E-state index contributed by atoms with van der Waals surface area (Å²) in [4.78, 5) is 24.6. The standard InChI is InChI=1S/C22H21N3O6S/c26-21-14-31-12-11-25(21)13-15-7-9-16(10-8-15)24-32(29,30)20-6-2-3-17-18(20)4-1-5-19(17)23-22(27)28/h1-10,23-24H,11-14H2,(H,27,28). The van der Waals surface area contributed by atoms with Crippen molar-refractivity contribution in [1.82, 2.24) is 4.90 Å². The van der Waals surface area contributed by atoms with E-state index >= 15 is 0 Å². The molecule has 1 saturated heterocycles. The molecule has 0 saturated carbocycles. The van der Waals surface area contributed by atoms with Gasteiger partial charge in [0.2, 0.25) is 5.91 Å². The molecule has 0 radical (unpaired) electrons. The van der Waals surface area contributed by atoms with E-state index in [1.54, 1.807) is 59.5 Å². The minimum atomic E-state index is -3.94. The molecule has 0 bridgehead atoms. The first-order valence-corrected chi connectivity index (χ1v) is 11.3. The molecule has 1 aliphatic heterocycles. The largest absolute Gasteiger partial charge is 0.465 e. The lowest BCUT2D eigenvalue weighted by atomic mass is 10.1. The zero-order valence-corrected chi connectivity index (χ0v) is 17.8. The Morgan fingerprint density at radius 1 is 1.03 bits per heavy atom. The van der Waals surface area contributed by atoms with Crippen molar-refractivity contribution in [2.45, 2.75) is 11.4 Å². The van der Waals surface area contributed by atoms with Crippen LogP contribution in [0.4, 0.5) is 16.2 Å². The van der Waals surface area contributed by atoms with Gasteiger partial charge in [0.25, 0.3) is 10.0 Å². The molecule has 9 nitrogen and oxygen atoms in total. The van der Waals surface area contributed by atoms with E-state index in [1.165, 1.54) is 6.07 Å². The molecule has 1 fully saturated rings. The third-order valence-corrected chi connectivity index (χ3v) is 6.52. The highest BCUT2D eigenvalue weighted by molar-refractivity contribution is 7.93. The van der Waals surface area contributed by atoms with Gasteiger partial charge in [-0.3, -0.25) is 14.8 Å². The monoisotopic (exact) mass is 455 g/mol. The van der Waals surface area contributed by atoms with E-state index in [0.717, 1.165) is 5.56 Å². The van der Waals surface area contributed by atoms with Crippen LogP contribution in [0.25, 0.3) is 10.8 Å². The fraction of sp³-hybridized carbons (Fsp3) is 0.182. The second kappa shape index (κ2) is 8.85. The number of nitrogens with one attached hydrogen (secondary N) is 2. The zero-order valence-electron chi connectivity index (χ0n) is 16.9. The second-order valence-electron chi connectivity index (χ2n) is 7.26. The van der Waals surface area contributed by atoms with Crippen molar-refractivity contribution in [3.8, 4) is 0 Å². The van der Waals surface area contributed by atoms with Crippen molar-refractivity contribution < 1.29 is 27.9 Å². The summed E-state index contributed by atoms with van der Waals surface area (Å²) in [7, 11) is -3.94. The highest BCUT2D eigenvalue weighted by atomic mass is 32.2. The molecule has 3 aromatic rings. The summed E-state index contributed by atoms with van der Waals surface area (Å²) in [5, 5.41) is 12.2. The summed E-state index contributed by atoms with van der Waals surface area (Å²) in [5.74, 6) is -0.0752. The molecule has 32 heavy (non-hydrogen) atoms. The van der Waals surface area contributed by atoms with Crippen LogP contribution in [0.15, 0.2) is 65.6 Å². The topological polar surface area (TPSA) is 125 Å². The van der Waals surface area contributed by atoms with Gasteiger partial charge in [0, 0.05) is 29.5 Å². The van der Waals surface area contributed by atoms with Crippen molar-refractivity contribution in [3.63, 3.8) is 0 Å². The molecule has 10 heteroatoms. The summed E-state index contributed by atoms with van der Waals surface area (Å²) in [6.07, 6.45) is -1.23. The van der Waals surface area contributed by atoms with Gasteiger partial charge in [-0.05, 0) is 29.8 Å². The summed E-state index contributed by atoms with van der Waals surface area (Å²) in [6.45, 7) is 1.52. The van der Waals surface area contributed by atoms with Crippen LogP contribution >= 0.6 is 0 Å². The second-order valence-corrected chi connectivity index (χ2v) is 8.91. The van der Waals surface area contributed by atoms with E-state index in [0.29, 0.717) is 41.8 Å². The first-order chi connectivity index (χ1) is 15.3. The SMILES string of the molecule is O=C(O)Nc1cccc2c(S(=O)(=O)Nc3ccc(CN4CCOCC4=O)cc3)cccc12. The number of carbonyl (C=O) groups is 2. The van der Waals surface area contributed by atoms with E-state index in [4.69, 9.17) is 9.84 Å². The molecule has 0 unspecified atom stereocenters. The van der Waals surface area contributed by atoms with E-state index in [1.807, 2.05) is 0 Å². The van der Waals surface area contributed by atoms with Gasteiger partial charge in [0.15, 0.2) is 0 Å². The number of benzene rings is 3. The van der Waals surface area contributed by atoms with E-state index < -0.39 is 16.1 Å². The van der Waals surface area contributed by atoms with Crippen LogP contribution < -0.4 is 10.0 Å². The van der Waals surface area contributed by atoms with Crippen LogP contribution in [0.2, 0.25) is 0 Å². The Kier molecular flexibility index (Phi) is 5.97. The van der Waals surface area contributed by atoms with Crippen LogP contribution in [-0.4, -0.2) is 50.2 Å². The number of hydrogen-bond acceptors (Lipinski definition) is 5. The van der Waals surface area contributed by atoms with Gasteiger partial charge in [-0.15, -0.1) is 0 Å². The van der Waals surface area contributed by atoms with Crippen LogP contribution in [0.5, 0.6) is 0 Å². The highest BCUT2D eigenvalue weighted by Gasteiger charge is 2.20. The normalized spacial score (nSPS) is 14.4. The van der Waals surface area contributed by atoms with Crippen molar-refractivity contribution in [2.24, 2.45) is 0 Å². The van der Waals surface area contributed by atoms with Crippen LogP contribution in [0.1, 0.15) is 5.56 Å². The maximum Gasteiger partial charge on any atom is 0.409 e. The number of morpholine rings is 1. The molecule has 3 aromatic carbocycles. The Hall–Kier alpha value is -3.63. The highest BCUT2D eigenvalue weighted by Crippen LogP contribution is 2.30. The van der Waals surface area contributed by atoms with Crippen molar-refractivity contribution in [1.29, 1.82) is 0 Å². The van der Waals surface area contributed by atoms with Crippen molar-refractivity contribution in [2.75, 3.05) is 29.8 Å². The van der Waals surface area contributed by atoms with E-state index in [-0.39, 0.29) is 17.4 Å². The average Bonchev–Trinajstić information content (AvgIpc) is 2.76. The Labute approximate surface area is 184 Å². The number of ether oxygens (including phenoxy) is 1. The minimum Gasteiger partial charge on any atom is -0.465 e. The molecular formula is C22H21N3O6S. The predicted molar refractivity (Wildman–Crippen MR) is 119 cm³/mol. The number of hydrogen-bond donors (Lipinski definition) is 3. The van der Waals surface area contributed by atoms with Gasteiger partial charge in [-0.2, -0.15) is 0 Å². The van der Waals surface area contributed by atoms with Crippen LogP contribution in [0, 0.1) is 0 Å². The van der Waals surface area contributed by atoms with Gasteiger partial charge in [-0.25, -0.2) is 13.2 Å². The third kappa shape index (κ3) is 4.66. The molecule has 0 aromatic heterocycles. The lowest BCUT2D eigenvalue weighted by molar-refractivity contribution is -0.143. The number of carboxylic acid groups (broad SMARTS) is 1. The number of nitrogens with zero attached hydrogens (tertiary/aromatic N) is 1. The summed E-state index contributed by atoms with van der Waals surface area (Å²) >= 11 is 0. The van der Waals surface area contributed by atoms with E-state index in [9.17, 15) is 18.0 Å². The number of amides is 2. The molecule has 3 N–H and O–H groups in total. The maximum absolute atomic E-state index is 13.1. The van der Waals surface area contributed by atoms with E-state index in [2.05, 4.69) is 10.0 Å². The van der Waals surface area contributed by atoms with Crippen LogP contribution in [-0.2, 0) is 26.1 Å². The molecule has 1 heterocycles. The van der Waals surface area contributed by atoms with Gasteiger partial charge < -0.3 is 14.7 Å². The van der Waals surface area contributed by atoms with Crippen LogP contribution in [0.3, 0.4) is 0 Å². The number of fused-ring (bicyclic) bond motifs is 1. The Balaban J connectivity index is 1.56. The molecule has 1 aliphatic rings. The Bertz CT molecular complexity index is 1270. The maximum atomic E-state index is 13.1. The van der Waals surface area contributed by atoms with Crippen molar-refractivity contribution in [3.05, 3.63) is 66.2 Å². The summed E-state index contributed by atoms with van der Waals surface area (Å²) in [5.41, 5.74) is 1.55. The Morgan fingerprint density at radius 3 is 2.47 bits per heavy atom. The quantitative estimate of drug-likeness (QED) is 0.525.